The lowest BCUT2D eigenvalue weighted by molar-refractivity contribution is 0.832. The van der Waals surface area contributed by atoms with Gasteiger partial charge in [0.15, 0.2) is 5.11 Å². The molecular formula is C6H9ClN4S. The van der Waals surface area contributed by atoms with E-state index in [1.807, 2.05) is 12.1 Å². The van der Waals surface area contributed by atoms with Gasteiger partial charge in [0.2, 0.25) is 0 Å². The summed E-state index contributed by atoms with van der Waals surface area (Å²) in [7, 11) is 0. The Morgan fingerprint density at radius 1 is 1.67 bits per heavy atom. The van der Waals surface area contributed by atoms with E-state index in [1.54, 1.807) is 6.20 Å². The molecule has 0 aliphatic carbocycles. The second-order valence-corrected chi connectivity index (χ2v) is 2.37. The number of halogens is 1. The van der Waals surface area contributed by atoms with Gasteiger partial charge in [0.1, 0.15) is 0 Å². The van der Waals surface area contributed by atoms with E-state index in [-0.39, 0.29) is 17.5 Å². The monoisotopic (exact) mass is 204 g/mol. The van der Waals surface area contributed by atoms with Crippen LogP contribution in [0.1, 0.15) is 5.69 Å². The van der Waals surface area contributed by atoms with Crippen LogP contribution in [-0.2, 0) is 6.54 Å². The molecule has 0 aliphatic heterocycles. The highest BCUT2D eigenvalue weighted by Gasteiger charge is 1.91. The third-order valence-electron chi connectivity index (χ3n) is 1.07. The molecule has 3 N–H and O–H groups in total. The van der Waals surface area contributed by atoms with Gasteiger partial charge < -0.3 is 11.1 Å². The van der Waals surface area contributed by atoms with E-state index in [9.17, 15) is 0 Å². The first-order chi connectivity index (χ1) is 5.29. The molecule has 0 aliphatic rings. The molecule has 0 atom stereocenters. The second kappa shape index (κ2) is 5.68. The van der Waals surface area contributed by atoms with Crippen molar-refractivity contribution in [2.24, 2.45) is 5.73 Å². The van der Waals surface area contributed by atoms with Crippen molar-refractivity contribution in [1.29, 1.82) is 0 Å². The van der Waals surface area contributed by atoms with Crippen LogP contribution in [0.15, 0.2) is 18.3 Å². The molecule has 12 heavy (non-hydrogen) atoms. The molecule has 0 amide bonds. The smallest absolute Gasteiger partial charge is 0.163 e. The van der Waals surface area contributed by atoms with Gasteiger partial charge in [-0.1, -0.05) is 0 Å². The summed E-state index contributed by atoms with van der Waals surface area (Å²) in [6.45, 7) is 0.531. The molecule has 66 valence electrons. The molecule has 0 spiro atoms. The Morgan fingerprint density at radius 3 is 2.92 bits per heavy atom. The molecule has 0 radical (unpaired) electrons. The maximum atomic E-state index is 5.21. The van der Waals surface area contributed by atoms with Gasteiger partial charge in [-0.15, -0.1) is 12.4 Å². The Bertz CT molecular complexity index is 241. The van der Waals surface area contributed by atoms with Crippen molar-refractivity contribution in [2.45, 2.75) is 6.54 Å². The average Bonchev–Trinajstić information content (AvgIpc) is 2.03. The normalized spacial score (nSPS) is 8.33. The molecule has 6 heteroatoms. The minimum atomic E-state index is 0. The van der Waals surface area contributed by atoms with E-state index < -0.39 is 0 Å². The van der Waals surface area contributed by atoms with Gasteiger partial charge in [-0.05, 0) is 24.4 Å². The predicted octanol–water partition coefficient (Wildman–Crippen LogP) is 0.232. The molecule has 1 aromatic rings. The fraction of sp³-hybridized carbons (Fsp3) is 0.167. The number of hydrogen-bond donors (Lipinski definition) is 2. The standard InChI is InChI=1S/C6H8N4S.ClH/c7-6(11)8-4-5-2-1-3-9-10-5;/h1-3H,4H2,(H3,7,8,11);1H. The highest BCUT2D eigenvalue weighted by Crippen LogP contribution is 1.88. The van der Waals surface area contributed by atoms with E-state index in [4.69, 9.17) is 5.73 Å². The van der Waals surface area contributed by atoms with E-state index in [1.165, 1.54) is 0 Å². The lowest BCUT2D eigenvalue weighted by Crippen LogP contribution is -2.28. The van der Waals surface area contributed by atoms with Crippen LogP contribution in [0.2, 0.25) is 0 Å². The molecular weight excluding hydrogens is 196 g/mol. The molecule has 4 nitrogen and oxygen atoms in total. The van der Waals surface area contributed by atoms with E-state index in [2.05, 4.69) is 27.7 Å². The molecule has 0 saturated heterocycles. The quantitative estimate of drug-likeness (QED) is 0.676. The number of nitrogens with zero attached hydrogens (tertiary/aromatic N) is 2. The SMILES string of the molecule is Cl.NC(=S)NCc1cccnn1. The third kappa shape index (κ3) is 4.05. The van der Waals surface area contributed by atoms with E-state index in [0.29, 0.717) is 6.54 Å². The van der Waals surface area contributed by atoms with Crippen LogP contribution in [0.4, 0.5) is 0 Å². The van der Waals surface area contributed by atoms with Gasteiger partial charge in [-0.25, -0.2) is 0 Å². The first kappa shape index (κ1) is 11.1. The van der Waals surface area contributed by atoms with Crippen molar-refractivity contribution in [3.63, 3.8) is 0 Å². The maximum absolute atomic E-state index is 5.21. The van der Waals surface area contributed by atoms with Crippen molar-refractivity contribution < 1.29 is 0 Å². The molecule has 0 saturated carbocycles. The Kier molecular flexibility index (Phi) is 5.23. The topological polar surface area (TPSA) is 63.8 Å². The Labute approximate surface area is 82.0 Å². The summed E-state index contributed by atoms with van der Waals surface area (Å²) in [6.07, 6.45) is 1.62. The Balaban J connectivity index is 0.00000121. The van der Waals surface area contributed by atoms with Crippen LogP contribution < -0.4 is 11.1 Å². The summed E-state index contributed by atoms with van der Waals surface area (Å²) in [5.74, 6) is 0. The van der Waals surface area contributed by atoms with Crippen molar-refractivity contribution in [3.05, 3.63) is 24.0 Å². The minimum Gasteiger partial charge on any atom is -0.376 e. The summed E-state index contributed by atoms with van der Waals surface area (Å²) in [4.78, 5) is 0. The Morgan fingerprint density at radius 2 is 2.42 bits per heavy atom. The largest absolute Gasteiger partial charge is 0.376 e. The van der Waals surface area contributed by atoms with Gasteiger partial charge >= 0.3 is 0 Å². The predicted molar refractivity (Wildman–Crippen MR) is 52.9 cm³/mol. The molecule has 0 unspecified atom stereocenters. The number of nitrogens with two attached hydrogens (primary N) is 1. The fourth-order valence-electron chi connectivity index (χ4n) is 0.605. The number of thiocarbonyl (C=S) groups is 1. The highest BCUT2D eigenvalue weighted by atomic mass is 35.5. The zero-order valence-electron chi connectivity index (χ0n) is 6.23. The summed E-state index contributed by atoms with van der Waals surface area (Å²) in [5.41, 5.74) is 6.03. The first-order valence-corrected chi connectivity index (χ1v) is 3.50. The van der Waals surface area contributed by atoms with Gasteiger partial charge in [0.05, 0.1) is 12.2 Å². The minimum absolute atomic E-state index is 0. The first-order valence-electron chi connectivity index (χ1n) is 3.09. The summed E-state index contributed by atoms with van der Waals surface area (Å²) >= 11 is 4.61. The summed E-state index contributed by atoms with van der Waals surface area (Å²) in [6, 6.07) is 3.65. The molecule has 1 aromatic heterocycles. The van der Waals surface area contributed by atoms with Crippen molar-refractivity contribution in [3.8, 4) is 0 Å². The van der Waals surface area contributed by atoms with Crippen LogP contribution >= 0.6 is 24.6 Å². The van der Waals surface area contributed by atoms with Crippen molar-refractivity contribution in [1.82, 2.24) is 15.5 Å². The van der Waals surface area contributed by atoms with Crippen LogP contribution in [-0.4, -0.2) is 15.3 Å². The van der Waals surface area contributed by atoms with Gasteiger partial charge in [-0.3, -0.25) is 0 Å². The van der Waals surface area contributed by atoms with Crippen molar-refractivity contribution in [2.75, 3.05) is 0 Å². The molecule has 0 aromatic carbocycles. The fourth-order valence-corrected chi connectivity index (χ4v) is 0.678. The number of nitrogens with one attached hydrogen (secondary N) is 1. The number of aromatic nitrogens is 2. The highest BCUT2D eigenvalue weighted by molar-refractivity contribution is 7.80. The third-order valence-corrected chi connectivity index (χ3v) is 1.22. The van der Waals surface area contributed by atoms with Gasteiger partial charge in [0.25, 0.3) is 0 Å². The van der Waals surface area contributed by atoms with Gasteiger partial charge in [0, 0.05) is 6.20 Å². The number of rotatable bonds is 2. The Hall–Kier alpha value is -0.940. The summed E-state index contributed by atoms with van der Waals surface area (Å²) in [5, 5.41) is 10.6. The molecule has 0 fully saturated rings. The zero-order valence-corrected chi connectivity index (χ0v) is 7.86. The molecule has 0 bridgehead atoms. The average molecular weight is 205 g/mol. The van der Waals surface area contributed by atoms with Crippen molar-refractivity contribution >= 4 is 29.7 Å². The van der Waals surface area contributed by atoms with Gasteiger partial charge in [-0.2, -0.15) is 10.2 Å². The zero-order chi connectivity index (χ0) is 8.10. The van der Waals surface area contributed by atoms with Crippen LogP contribution in [0, 0.1) is 0 Å². The van der Waals surface area contributed by atoms with Crippen LogP contribution in [0.5, 0.6) is 0 Å². The molecule has 1 rings (SSSR count). The lowest BCUT2D eigenvalue weighted by Gasteiger charge is -2.00. The maximum Gasteiger partial charge on any atom is 0.163 e. The van der Waals surface area contributed by atoms with Crippen LogP contribution in [0.25, 0.3) is 0 Å². The lowest BCUT2D eigenvalue weighted by atomic mass is 10.4. The van der Waals surface area contributed by atoms with Crippen LogP contribution in [0.3, 0.4) is 0 Å². The summed E-state index contributed by atoms with van der Waals surface area (Å²) < 4.78 is 0. The molecule has 1 heterocycles. The van der Waals surface area contributed by atoms with E-state index >= 15 is 0 Å². The van der Waals surface area contributed by atoms with E-state index in [0.717, 1.165) is 5.69 Å². The second-order valence-electron chi connectivity index (χ2n) is 1.93. The number of hydrogen-bond acceptors (Lipinski definition) is 3.